The van der Waals surface area contributed by atoms with Crippen LogP contribution in [-0.4, -0.2) is 29.4 Å². The van der Waals surface area contributed by atoms with E-state index in [0.717, 1.165) is 22.1 Å². The quantitative estimate of drug-likeness (QED) is 0.596. The highest BCUT2D eigenvalue weighted by atomic mass is 32.2. The van der Waals surface area contributed by atoms with Crippen molar-refractivity contribution in [2.45, 2.75) is 6.92 Å². The summed E-state index contributed by atoms with van der Waals surface area (Å²) in [5.41, 5.74) is 2.96. The van der Waals surface area contributed by atoms with Crippen LogP contribution in [-0.2, 0) is 9.53 Å². The van der Waals surface area contributed by atoms with Gasteiger partial charge in [-0.15, -0.1) is 0 Å². The number of nitrogens with zero attached hydrogens (tertiary/aromatic N) is 1. The Labute approximate surface area is 172 Å². The van der Waals surface area contributed by atoms with Crippen LogP contribution in [0.3, 0.4) is 0 Å². The van der Waals surface area contributed by atoms with E-state index in [1.807, 2.05) is 24.3 Å². The summed E-state index contributed by atoms with van der Waals surface area (Å²) < 4.78 is 4.95. The summed E-state index contributed by atoms with van der Waals surface area (Å²) in [5, 5.41) is 9.02. The number of hydrogen-bond donors (Lipinski definition) is 2. The van der Waals surface area contributed by atoms with E-state index in [4.69, 9.17) is 4.74 Å². The van der Waals surface area contributed by atoms with Crippen LogP contribution in [0.5, 0.6) is 0 Å². The zero-order chi connectivity index (χ0) is 20.2. The molecule has 1 heterocycles. The molecule has 1 aliphatic heterocycles. The number of carbonyl (C=O) groups is 2. The summed E-state index contributed by atoms with van der Waals surface area (Å²) in [4.78, 5) is 28.6. The summed E-state index contributed by atoms with van der Waals surface area (Å²) in [6.45, 7) is 2.08. The van der Waals surface area contributed by atoms with Gasteiger partial charge in [0, 0.05) is 11.1 Å². The van der Waals surface area contributed by atoms with Crippen LogP contribution in [0.15, 0.2) is 65.7 Å². The van der Waals surface area contributed by atoms with E-state index < -0.39 is 0 Å². The van der Waals surface area contributed by atoms with Gasteiger partial charge in [0.05, 0.1) is 29.3 Å². The summed E-state index contributed by atoms with van der Waals surface area (Å²) in [6, 6.07) is 18.7. The molecule has 3 aromatic carbocycles. The lowest BCUT2D eigenvalue weighted by molar-refractivity contribution is -0.113. The van der Waals surface area contributed by atoms with Gasteiger partial charge < -0.3 is 15.4 Å². The molecule has 0 unspecified atom stereocenters. The van der Waals surface area contributed by atoms with Crippen molar-refractivity contribution in [1.82, 2.24) is 0 Å². The number of hydrogen-bond acceptors (Lipinski definition) is 6. The number of anilines is 2. The second-order valence-corrected chi connectivity index (χ2v) is 7.32. The molecule has 0 atom stereocenters. The highest BCUT2D eigenvalue weighted by Crippen LogP contribution is 2.36. The summed E-state index contributed by atoms with van der Waals surface area (Å²) >= 11 is 1.34. The Morgan fingerprint density at radius 2 is 1.83 bits per heavy atom. The van der Waals surface area contributed by atoms with Gasteiger partial charge in [-0.2, -0.15) is 0 Å². The smallest absolute Gasteiger partial charge is 0.338 e. The van der Waals surface area contributed by atoms with Crippen LogP contribution in [0.25, 0.3) is 10.8 Å². The fourth-order valence-electron chi connectivity index (χ4n) is 3.07. The van der Waals surface area contributed by atoms with Crippen molar-refractivity contribution in [1.29, 1.82) is 0 Å². The molecule has 7 heteroatoms. The van der Waals surface area contributed by atoms with Crippen LogP contribution in [0.1, 0.15) is 17.3 Å². The first-order chi connectivity index (χ1) is 14.1. The topological polar surface area (TPSA) is 79.8 Å². The molecule has 4 rings (SSSR count). The first kappa shape index (κ1) is 19.0. The number of nitrogens with one attached hydrogen (secondary N) is 2. The lowest BCUT2D eigenvalue weighted by Crippen LogP contribution is -2.18. The Morgan fingerprint density at radius 1 is 1.07 bits per heavy atom. The molecule has 0 bridgehead atoms. The molecule has 29 heavy (non-hydrogen) atoms. The maximum atomic E-state index is 12.3. The molecule has 6 nitrogen and oxygen atoms in total. The molecule has 0 saturated carbocycles. The average Bonchev–Trinajstić information content (AvgIpc) is 2.73. The lowest BCUT2D eigenvalue weighted by atomic mass is 10.1. The van der Waals surface area contributed by atoms with Crippen molar-refractivity contribution >= 4 is 56.6 Å². The van der Waals surface area contributed by atoms with Gasteiger partial charge in [-0.1, -0.05) is 36.0 Å². The standard InChI is InChI=1S/C22H19N3O3S/c1-2-28-21(27)15-9-11-16(12-10-15)23-19(26)13-29-22-24-17-7-3-5-14-6-4-8-18(25-22)20(14)17/h3-12H,2,13H2,1H3,(H,23,26)(H,24,25). The van der Waals surface area contributed by atoms with Crippen LogP contribution in [0.4, 0.5) is 17.1 Å². The number of benzene rings is 3. The zero-order valence-electron chi connectivity index (χ0n) is 15.8. The molecule has 0 fully saturated rings. The van der Waals surface area contributed by atoms with Crippen molar-refractivity contribution in [2.75, 3.05) is 23.0 Å². The predicted molar refractivity (Wildman–Crippen MR) is 118 cm³/mol. The molecular weight excluding hydrogens is 386 g/mol. The largest absolute Gasteiger partial charge is 0.462 e. The van der Waals surface area contributed by atoms with Crippen LogP contribution in [0.2, 0.25) is 0 Å². The Bertz CT molecular complexity index is 1100. The fourth-order valence-corrected chi connectivity index (χ4v) is 3.76. The highest BCUT2D eigenvalue weighted by Gasteiger charge is 2.15. The third-order valence-corrected chi connectivity index (χ3v) is 5.24. The van der Waals surface area contributed by atoms with Crippen molar-refractivity contribution < 1.29 is 14.3 Å². The lowest BCUT2D eigenvalue weighted by Gasteiger charge is -2.18. The molecule has 3 aromatic rings. The van der Waals surface area contributed by atoms with E-state index >= 15 is 0 Å². The van der Waals surface area contributed by atoms with E-state index in [1.54, 1.807) is 31.2 Å². The van der Waals surface area contributed by atoms with Crippen molar-refractivity contribution in [2.24, 2.45) is 4.99 Å². The molecule has 2 N–H and O–H groups in total. The molecule has 0 aliphatic carbocycles. The number of amidine groups is 1. The van der Waals surface area contributed by atoms with E-state index in [2.05, 4.69) is 27.8 Å². The maximum Gasteiger partial charge on any atom is 0.338 e. The Morgan fingerprint density at radius 3 is 2.59 bits per heavy atom. The van der Waals surface area contributed by atoms with Gasteiger partial charge in [-0.25, -0.2) is 9.79 Å². The molecule has 0 radical (unpaired) electrons. The van der Waals surface area contributed by atoms with Crippen molar-refractivity contribution in [3.05, 3.63) is 66.2 Å². The SMILES string of the molecule is CCOC(=O)c1ccc(NC(=O)CSC2=Nc3cccc4cccc(c34)N2)cc1. The third kappa shape index (κ3) is 4.25. The number of carbonyl (C=O) groups excluding carboxylic acids is 2. The second kappa shape index (κ2) is 8.36. The fraction of sp³-hybridized carbons (Fsp3) is 0.136. The number of aliphatic imine (C=N–C) groups is 1. The average molecular weight is 405 g/mol. The number of thioether (sulfide) groups is 1. The highest BCUT2D eigenvalue weighted by molar-refractivity contribution is 8.14. The second-order valence-electron chi connectivity index (χ2n) is 6.36. The molecule has 0 aromatic heterocycles. The minimum atomic E-state index is -0.377. The number of ether oxygens (including phenoxy) is 1. The molecule has 0 spiro atoms. The van der Waals surface area contributed by atoms with E-state index in [9.17, 15) is 9.59 Å². The Balaban J connectivity index is 1.37. The van der Waals surface area contributed by atoms with Crippen molar-refractivity contribution in [3.8, 4) is 0 Å². The van der Waals surface area contributed by atoms with Gasteiger partial charge in [0.25, 0.3) is 0 Å². The summed E-state index contributed by atoms with van der Waals surface area (Å²) in [5.74, 6) is -0.318. The van der Waals surface area contributed by atoms with Crippen LogP contribution in [0, 0.1) is 0 Å². The minimum Gasteiger partial charge on any atom is -0.462 e. The molecule has 0 saturated heterocycles. The minimum absolute atomic E-state index is 0.152. The molecule has 1 aliphatic rings. The third-order valence-electron chi connectivity index (χ3n) is 4.37. The zero-order valence-corrected chi connectivity index (χ0v) is 16.6. The molecule has 146 valence electrons. The molecule has 1 amide bonds. The number of rotatable bonds is 5. The normalized spacial score (nSPS) is 12.1. The maximum absolute atomic E-state index is 12.3. The summed E-state index contributed by atoms with van der Waals surface area (Å²) in [6.07, 6.45) is 0. The number of esters is 1. The first-order valence-electron chi connectivity index (χ1n) is 9.21. The van der Waals surface area contributed by atoms with Crippen LogP contribution < -0.4 is 10.6 Å². The van der Waals surface area contributed by atoms with Gasteiger partial charge in [-0.05, 0) is 48.7 Å². The predicted octanol–water partition coefficient (Wildman–Crippen LogP) is 4.80. The van der Waals surface area contributed by atoms with E-state index in [0.29, 0.717) is 23.0 Å². The Kier molecular flexibility index (Phi) is 5.48. The monoisotopic (exact) mass is 405 g/mol. The first-order valence-corrected chi connectivity index (χ1v) is 10.2. The van der Waals surface area contributed by atoms with Gasteiger partial charge >= 0.3 is 5.97 Å². The van der Waals surface area contributed by atoms with Crippen molar-refractivity contribution in [3.63, 3.8) is 0 Å². The number of amides is 1. The van der Waals surface area contributed by atoms with Crippen LogP contribution >= 0.6 is 11.8 Å². The van der Waals surface area contributed by atoms with E-state index in [1.165, 1.54) is 11.8 Å². The van der Waals surface area contributed by atoms with Gasteiger partial charge in [0.15, 0.2) is 5.17 Å². The van der Waals surface area contributed by atoms with Gasteiger partial charge in [0.2, 0.25) is 5.91 Å². The van der Waals surface area contributed by atoms with Gasteiger partial charge in [0.1, 0.15) is 0 Å². The van der Waals surface area contributed by atoms with Gasteiger partial charge in [-0.3, -0.25) is 4.79 Å². The Hall–Kier alpha value is -3.32. The summed E-state index contributed by atoms with van der Waals surface area (Å²) in [7, 11) is 0. The molecular formula is C22H19N3O3S. The van der Waals surface area contributed by atoms with E-state index in [-0.39, 0.29) is 17.6 Å².